The number of aromatic nitrogens is 5. The molecule has 0 atom stereocenters. The van der Waals surface area contributed by atoms with Crippen LogP contribution in [-0.2, 0) is 0 Å². The van der Waals surface area contributed by atoms with E-state index >= 15 is 4.39 Å². The van der Waals surface area contributed by atoms with E-state index in [0.717, 1.165) is 11.8 Å². The van der Waals surface area contributed by atoms with Crippen molar-refractivity contribution in [1.29, 1.82) is 0 Å². The van der Waals surface area contributed by atoms with Crippen LogP contribution in [0.25, 0.3) is 10.9 Å². The van der Waals surface area contributed by atoms with Crippen LogP contribution in [0.1, 0.15) is 11.4 Å². The minimum absolute atomic E-state index is 0.0735. The number of hydrogen-bond donors (Lipinski definition) is 3. The van der Waals surface area contributed by atoms with Gasteiger partial charge in [-0.05, 0) is 19.9 Å². The second-order valence-corrected chi connectivity index (χ2v) is 8.49. The molecule has 1 aromatic carbocycles. The van der Waals surface area contributed by atoms with Crippen LogP contribution in [0.15, 0.2) is 24.3 Å². The lowest BCUT2D eigenvalue weighted by Gasteiger charge is -2.35. The van der Waals surface area contributed by atoms with Gasteiger partial charge in [0.25, 0.3) is 0 Å². The van der Waals surface area contributed by atoms with Crippen molar-refractivity contribution in [1.82, 2.24) is 30.0 Å². The Morgan fingerprint density at radius 1 is 1.00 bits per heavy atom. The van der Waals surface area contributed by atoms with E-state index in [1.165, 1.54) is 6.07 Å². The molecular formula is C23H25F3N8O. The fourth-order valence-corrected chi connectivity index (χ4v) is 4.12. The molecule has 35 heavy (non-hydrogen) atoms. The van der Waals surface area contributed by atoms with E-state index in [2.05, 4.69) is 30.5 Å². The highest BCUT2D eigenvalue weighted by Crippen LogP contribution is 2.33. The first-order chi connectivity index (χ1) is 16.9. The maximum Gasteiger partial charge on any atom is 0.326 e. The summed E-state index contributed by atoms with van der Waals surface area (Å²) in [6.45, 7) is 6.17. The number of piperazine rings is 1. The van der Waals surface area contributed by atoms with Crippen molar-refractivity contribution in [3.05, 3.63) is 47.3 Å². The Morgan fingerprint density at radius 3 is 2.51 bits per heavy atom. The number of anilines is 3. The van der Waals surface area contributed by atoms with Crippen LogP contribution in [0.3, 0.4) is 0 Å². The highest BCUT2D eigenvalue weighted by atomic mass is 19.1. The molecule has 4 aromatic rings. The van der Waals surface area contributed by atoms with Crippen molar-refractivity contribution >= 4 is 28.4 Å². The topological polar surface area (TPSA) is 98.0 Å². The van der Waals surface area contributed by atoms with Crippen LogP contribution >= 0.6 is 0 Å². The Bertz CT molecular complexity index is 1350. The number of alkyl halides is 1. The zero-order chi connectivity index (χ0) is 24.5. The van der Waals surface area contributed by atoms with Gasteiger partial charge in [-0.3, -0.25) is 10.00 Å². The largest absolute Gasteiger partial charge is 0.421 e. The fraction of sp³-hybridized carbons (Fsp3) is 0.348. The number of hydrogen-bond acceptors (Lipinski definition) is 7. The molecule has 0 unspecified atom stereocenters. The molecule has 1 aliphatic heterocycles. The van der Waals surface area contributed by atoms with Crippen LogP contribution < -0.4 is 15.0 Å². The number of benzene rings is 1. The number of H-pyrrole nitrogens is 2. The molecular weight excluding hydrogens is 461 g/mol. The molecule has 0 spiro atoms. The zero-order valence-electron chi connectivity index (χ0n) is 19.3. The van der Waals surface area contributed by atoms with Gasteiger partial charge in [-0.15, -0.1) is 0 Å². The third-order valence-electron chi connectivity index (χ3n) is 5.85. The number of aromatic amines is 2. The number of halogens is 3. The maximum absolute atomic E-state index is 15.1. The second-order valence-electron chi connectivity index (χ2n) is 8.49. The van der Waals surface area contributed by atoms with Crippen molar-refractivity contribution in [3.63, 3.8) is 0 Å². The van der Waals surface area contributed by atoms with Gasteiger partial charge >= 0.3 is 6.01 Å². The van der Waals surface area contributed by atoms with Crippen molar-refractivity contribution in [2.24, 2.45) is 0 Å². The van der Waals surface area contributed by atoms with Crippen molar-refractivity contribution < 1.29 is 17.9 Å². The molecule has 3 aromatic heterocycles. The van der Waals surface area contributed by atoms with Crippen LogP contribution in [-0.4, -0.2) is 69.4 Å². The Morgan fingerprint density at radius 2 is 1.80 bits per heavy atom. The Hall–Kier alpha value is -3.80. The number of fused-ring (bicyclic) bond motifs is 1. The van der Waals surface area contributed by atoms with E-state index in [1.807, 2.05) is 16.7 Å². The summed E-state index contributed by atoms with van der Waals surface area (Å²) >= 11 is 0. The molecule has 0 aliphatic carbocycles. The molecule has 5 rings (SSSR count). The van der Waals surface area contributed by atoms with Gasteiger partial charge < -0.3 is 19.9 Å². The average Bonchev–Trinajstić information content (AvgIpc) is 3.43. The number of nitrogens with one attached hydrogen (secondary N) is 3. The van der Waals surface area contributed by atoms with Crippen molar-refractivity contribution in [2.45, 2.75) is 13.8 Å². The third-order valence-corrected chi connectivity index (χ3v) is 5.85. The normalized spacial score (nSPS) is 14.6. The third kappa shape index (κ3) is 4.87. The second kappa shape index (κ2) is 9.45. The maximum atomic E-state index is 15.1. The quantitative estimate of drug-likeness (QED) is 0.360. The molecule has 1 aliphatic rings. The lowest BCUT2D eigenvalue weighted by molar-refractivity contribution is 0.235. The van der Waals surface area contributed by atoms with Gasteiger partial charge in [0.05, 0.1) is 5.52 Å². The minimum Gasteiger partial charge on any atom is -0.421 e. The van der Waals surface area contributed by atoms with Crippen LogP contribution in [0.5, 0.6) is 11.8 Å². The Labute approximate surface area is 199 Å². The van der Waals surface area contributed by atoms with E-state index in [1.54, 1.807) is 19.1 Å². The first-order valence-corrected chi connectivity index (χ1v) is 11.3. The summed E-state index contributed by atoms with van der Waals surface area (Å²) in [5.41, 5.74) is 1.56. The van der Waals surface area contributed by atoms with Crippen molar-refractivity contribution in [3.8, 4) is 11.8 Å². The van der Waals surface area contributed by atoms with Gasteiger partial charge in [0, 0.05) is 67.7 Å². The van der Waals surface area contributed by atoms with Crippen LogP contribution in [0, 0.1) is 25.5 Å². The minimum atomic E-state index is -0.711. The predicted molar refractivity (Wildman–Crippen MR) is 126 cm³/mol. The smallest absolute Gasteiger partial charge is 0.326 e. The summed E-state index contributed by atoms with van der Waals surface area (Å²) in [5, 5.41) is 10.2. The molecule has 0 amide bonds. The summed E-state index contributed by atoms with van der Waals surface area (Å²) in [4.78, 5) is 15.7. The summed E-state index contributed by atoms with van der Waals surface area (Å²) in [7, 11) is 0. The zero-order valence-corrected chi connectivity index (χ0v) is 19.3. The highest BCUT2D eigenvalue weighted by molar-refractivity contribution is 5.83. The first kappa shape index (κ1) is 23.0. The molecule has 12 heteroatoms. The molecule has 3 N–H and O–H groups in total. The highest BCUT2D eigenvalue weighted by Gasteiger charge is 2.22. The van der Waals surface area contributed by atoms with E-state index in [0.29, 0.717) is 55.9 Å². The summed E-state index contributed by atoms with van der Waals surface area (Å²) in [6, 6.07) is 5.88. The van der Waals surface area contributed by atoms with Gasteiger partial charge in [0.2, 0.25) is 0 Å². The molecule has 0 saturated carbocycles. The molecule has 1 fully saturated rings. The van der Waals surface area contributed by atoms with Crippen LogP contribution in [0.4, 0.5) is 30.6 Å². The van der Waals surface area contributed by atoms with Gasteiger partial charge in [-0.2, -0.15) is 15.1 Å². The summed E-state index contributed by atoms with van der Waals surface area (Å²) in [6.07, 6.45) is 0. The Balaban J connectivity index is 1.47. The number of rotatable bonds is 7. The predicted octanol–water partition coefficient (Wildman–Crippen LogP) is 4.20. The molecule has 1 saturated heterocycles. The van der Waals surface area contributed by atoms with E-state index in [-0.39, 0.29) is 22.7 Å². The standard InChI is InChI=1S/C23H25F3N8O/c1-13-9-15-21(26)17(11-16(25)22(15)27-13)35-23-29-18(28-19-10-14(2)31-32-19)12-20(30-23)34-7-5-33(4-3-24)6-8-34/h9-12,27H,3-8H2,1-2H3,(H2,28,29,30,31,32). The first-order valence-electron chi connectivity index (χ1n) is 11.3. The van der Waals surface area contributed by atoms with Gasteiger partial charge in [0.15, 0.2) is 23.2 Å². The number of nitrogens with zero attached hydrogens (tertiary/aromatic N) is 5. The number of aryl methyl sites for hydroxylation is 2. The summed E-state index contributed by atoms with van der Waals surface area (Å²) in [5.74, 6) is -0.217. The van der Waals surface area contributed by atoms with Gasteiger partial charge in [0.1, 0.15) is 18.3 Å². The van der Waals surface area contributed by atoms with Crippen LogP contribution in [0.2, 0.25) is 0 Å². The van der Waals surface area contributed by atoms with E-state index in [9.17, 15) is 8.78 Å². The molecule has 0 bridgehead atoms. The lowest BCUT2D eigenvalue weighted by Crippen LogP contribution is -2.47. The van der Waals surface area contributed by atoms with Gasteiger partial charge in [-0.1, -0.05) is 0 Å². The lowest BCUT2D eigenvalue weighted by atomic mass is 10.2. The average molecular weight is 487 g/mol. The molecule has 184 valence electrons. The fourth-order valence-electron chi connectivity index (χ4n) is 4.12. The SMILES string of the molecule is Cc1cc(Nc2cc(N3CCN(CCF)CC3)nc(Oc3cc(F)c4[nH]c(C)cc4c3F)n2)n[nH]1. The molecule has 9 nitrogen and oxygen atoms in total. The van der Waals surface area contributed by atoms with E-state index < -0.39 is 18.3 Å². The molecule has 4 heterocycles. The Kier molecular flexibility index (Phi) is 6.20. The van der Waals surface area contributed by atoms with Crippen molar-refractivity contribution in [2.75, 3.05) is 49.6 Å². The van der Waals surface area contributed by atoms with Gasteiger partial charge in [-0.25, -0.2) is 13.2 Å². The monoisotopic (exact) mass is 486 g/mol. The number of ether oxygens (including phenoxy) is 1. The van der Waals surface area contributed by atoms with E-state index in [4.69, 9.17) is 4.74 Å². The summed E-state index contributed by atoms with van der Waals surface area (Å²) < 4.78 is 48.1. The molecule has 0 radical (unpaired) electrons.